The van der Waals surface area contributed by atoms with E-state index >= 15 is 0 Å². The molecule has 0 saturated carbocycles. The molecule has 0 saturated heterocycles. The van der Waals surface area contributed by atoms with Crippen molar-refractivity contribution in [3.05, 3.63) is 0 Å². The van der Waals surface area contributed by atoms with Crippen LogP contribution in [0.15, 0.2) is 0 Å². The van der Waals surface area contributed by atoms with Crippen molar-refractivity contribution in [2.75, 3.05) is 23.3 Å². The van der Waals surface area contributed by atoms with Crippen LogP contribution in [0.5, 0.6) is 0 Å². The van der Waals surface area contributed by atoms with Crippen LogP contribution in [0.3, 0.4) is 0 Å². The Labute approximate surface area is 98.9 Å². The smallest absolute Gasteiger partial charge is 0.390 e. The first-order chi connectivity index (χ1) is 7.87. The van der Waals surface area contributed by atoms with Crippen LogP contribution in [0.25, 0.3) is 0 Å². The third kappa shape index (κ3) is 5.96. The zero-order valence-corrected chi connectivity index (χ0v) is 10.2. The molecule has 1 heterocycles. The Hall–Kier alpha value is -1.49. The molecule has 1 aromatic rings. The molecule has 10 heteroatoms. The Bertz CT molecular complexity index is 351. The van der Waals surface area contributed by atoms with Crippen LogP contribution >= 0.6 is 0 Å². The SMILES string of the molecule is Nc1nc(N)nc(NCCCC[Si](O)(O)O)n1. The summed E-state index contributed by atoms with van der Waals surface area (Å²) in [6, 6.07) is 0.0101. The lowest BCUT2D eigenvalue weighted by atomic mass is 10.3. The molecule has 0 spiro atoms. The Morgan fingerprint density at radius 1 is 1.00 bits per heavy atom. The summed E-state index contributed by atoms with van der Waals surface area (Å²) < 4.78 is 0. The number of aromatic nitrogens is 3. The van der Waals surface area contributed by atoms with Crippen LogP contribution in [-0.2, 0) is 0 Å². The molecule has 0 aliphatic carbocycles. The van der Waals surface area contributed by atoms with Crippen LogP contribution < -0.4 is 16.8 Å². The van der Waals surface area contributed by atoms with E-state index in [4.69, 9.17) is 25.9 Å². The van der Waals surface area contributed by atoms with E-state index in [1.54, 1.807) is 0 Å². The second-order valence-corrected chi connectivity index (χ2v) is 5.58. The summed E-state index contributed by atoms with van der Waals surface area (Å²) >= 11 is 0. The quantitative estimate of drug-likeness (QED) is 0.254. The van der Waals surface area contributed by atoms with Gasteiger partial charge in [0, 0.05) is 12.6 Å². The third-order valence-corrected chi connectivity index (χ3v) is 2.92. The molecular weight excluding hydrogens is 244 g/mol. The molecule has 0 bridgehead atoms. The van der Waals surface area contributed by atoms with Crippen molar-refractivity contribution in [2.24, 2.45) is 0 Å². The highest BCUT2D eigenvalue weighted by atomic mass is 28.4. The second-order valence-electron chi connectivity index (χ2n) is 3.53. The molecular formula is C7H16N6O3Si. The minimum atomic E-state index is -3.91. The maximum absolute atomic E-state index is 8.77. The lowest BCUT2D eigenvalue weighted by Crippen LogP contribution is -2.34. The monoisotopic (exact) mass is 260 g/mol. The highest BCUT2D eigenvalue weighted by Gasteiger charge is 2.25. The van der Waals surface area contributed by atoms with Gasteiger partial charge in [-0.25, -0.2) is 0 Å². The summed E-state index contributed by atoms with van der Waals surface area (Å²) in [6.07, 6.45) is 1.11. The molecule has 0 unspecified atom stereocenters. The van der Waals surface area contributed by atoms with Gasteiger partial charge in [-0.3, -0.25) is 0 Å². The Morgan fingerprint density at radius 2 is 1.59 bits per heavy atom. The van der Waals surface area contributed by atoms with Gasteiger partial charge in [0.05, 0.1) is 0 Å². The van der Waals surface area contributed by atoms with Gasteiger partial charge in [-0.15, -0.1) is 0 Å². The number of nitrogen functional groups attached to an aromatic ring is 2. The Balaban J connectivity index is 2.27. The van der Waals surface area contributed by atoms with E-state index in [-0.39, 0.29) is 23.9 Å². The van der Waals surface area contributed by atoms with E-state index in [9.17, 15) is 0 Å². The fourth-order valence-electron chi connectivity index (χ4n) is 1.18. The number of hydrogen-bond donors (Lipinski definition) is 6. The molecule has 8 N–H and O–H groups in total. The maximum atomic E-state index is 8.77. The van der Waals surface area contributed by atoms with Gasteiger partial charge in [0.15, 0.2) is 0 Å². The van der Waals surface area contributed by atoms with Gasteiger partial charge in [0.25, 0.3) is 0 Å². The van der Waals surface area contributed by atoms with Gasteiger partial charge in [-0.05, 0) is 12.8 Å². The summed E-state index contributed by atoms with van der Waals surface area (Å²) in [5.74, 6) is 0.343. The molecule has 1 aromatic heterocycles. The van der Waals surface area contributed by atoms with Crippen molar-refractivity contribution >= 4 is 26.6 Å². The Morgan fingerprint density at radius 3 is 2.12 bits per heavy atom. The van der Waals surface area contributed by atoms with Gasteiger partial charge in [-0.2, -0.15) is 15.0 Å². The normalized spacial score (nSPS) is 11.5. The number of hydrogen-bond acceptors (Lipinski definition) is 9. The molecule has 1 rings (SSSR count). The van der Waals surface area contributed by atoms with Gasteiger partial charge < -0.3 is 31.2 Å². The van der Waals surface area contributed by atoms with Crippen LogP contribution in [0, 0.1) is 0 Å². The minimum absolute atomic E-state index is 0.0101. The lowest BCUT2D eigenvalue weighted by molar-refractivity contribution is 0.226. The molecule has 0 amide bonds. The number of rotatable bonds is 6. The van der Waals surface area contributed by atoms with Crippen LogP contribution in [0.4, 0.5) is 17.8 Å². The largest absolute Gasteiger partial charge is 0.492 e. The molecule has 0 fully saturated rings. The van der Waals surface area contributed by atoms with Gasteiger partial charge in [-0.1, -0.05) is 0 Å². The first-order valence-corrected chi connectivity index (χ1v) is 7.10. The van der Waals surface area contributed by atoms with Crippen LogP contribution in [0.2, 0.25) is 6.04 Å². The van der Waals surface area contributed by atoms with E-state index in [1.165, 1.54) is 0 Å². The van der Waals surface area contributed by atoms with E-state index in [0.29, 0.717) is 19.4 Å². The lowest BCUT2D eigenvalue weighted by Gasteiger charge is -2.09. The van der Waals surface area contributed by atoms with E-state index in [1.807, 2.05) is 0 Å². The zero-order chi connectivity index (χ0) is 12.9. The van der Waals surface area contributed by atoms with Crippen LogP contribution in [0.1, 0.15) is 12.8 Å². The molecule has 0 aliphatic rings. The molecule has 0 atom stereocenters. The summed E-state index contributed by atoms with van der Waals surface area (Å²) in [5.41, 5.74) is 10.7. The summed E-state index contributed by atoms with van der Waals surface area (Å²) in [7, 11) is -3.91. The number of nitrogens with two attached hydrogens (primary N) is 2. The van der Waals surface area contributed by atoms with E-state index < -0.39 is 8.80 Å². The number of anilines is 3. The topological polar surface area (TPSA) is 163 Å². The van der Waals surface area contributed by atoms with E-state index in [0.717, 1.165) is 0 Å². The number of nitrogens with one attached hydrogen (secondary N) is 1. The summed E-state index contributed by atoms with van der Waals surface area (Å²) in [4.78, 5) is 37.5. The molecule has 0 radical (unpaired) electrons. The molecule has 96 valence electrons. The Kier molecular flexibility index (Phi) is 4.57. The molecule has 0 aromatic carbocycles. The summed E-state index contributed by atoms with van der Waals surface area (Å²) in [5, 5.41) is 2.86. The van der Waals surface area contributed by atoms with Crippen molar-refractivity contribution in [1.82, 2.24) is 15.0 Å². The molecule has 0 aliphatic heterocycles. The fraction of sp³-hybridized carbons (Fsp3) is 0.571. The van der Waals surface area contributed by atoms with Crippen LogP contribution in [-0.4, -0.2) is 44.7 Å². The molecule has 17 heavy (non-hydrogen) atoms. The predicted octanol–water partition coefficient (Wildman–Crippen LogP) is -1.86. The average molecular weight is 260 g/mol. The fourth-order valence-corrected chi connectivity index (χ4v) is 1.90. The first kappa shape index (κ1) is 13.6. The van der Waals surface area contributed by atoms with E-state index in [2.05, 4.69) is 20.3 Å². The van der Waals surface area contributed by atoms with Gasteiger partial charge in [0.1, 0.15) is 0 Å². The molecule has 9 nitrogen and oxygen atoms in total. The maximum Gasteiger partial charge on any atom is 0.492 e. The van der Waals surface area contributed by atoms with Gasteiger partial charge in [0.2, 0.25) is 17.8 Å². The van der Waals surface area contributed by atoms with Gasteiger partial charge >= 0.3 is 8.80 Å². The minimum Gasteiger partial charge on any atom is -0.390 e. The second kappa shape index (κ2) is 5.72. The zero-order valence-electron chi connectivity index (χ0n) is 9.17. The average Bonchev–Trinajstić information content (AvgIpc) is 2.13. The third-order valence-electron chi connectivity index (χ3n) is 1.89. The number of unbranched alkanes of at least 4 members (excludes halogenated alkanes) is 1. The summed E-state index contributed by atoms with van der Waals surface area (Å²) in [6.45, 7) is 0.507. The number of nitrogens with zero attached hydrogens (tertiary/aromatic N) is 3. The standard InChI is InChI=1S/C7H16N6O3Si/c8-5-11-6(9)13-7(12-5)10-3-1-2-4-17(14,15)16/h14-16H,1-4H2,(H5,8,9,10,11,12,13). The van der Waals surface area contributed by atoms with Crippen molar-refractivity contribution in [2.45, 2.75) is 18.9 Å². The highest BCUT2D eigenvalue weighted by Crippen LogP contribution is 2.06. The first-order valence-electron chi connectivity index (χ1n) is 5.05. The highest BCUT2D eigenvalue weighted by molar-refractivity contribution is 6.56. The van der Waals surface area contributed by atoms with Crippen molar-refractivity contribution in [3.8, 4) is 0 Å². The van der Waals surface area contributed by atoms with Crippen molar-refractivity contribution < 1.29 is 14.4 Å². The van der Waals surface area contributed by atoms with Crippen molar-refractivity contribution in [1.29, 1.82) is 0 Å². The predicted molar refractivity (Wildman–Crippen MR) is 63.6 cm³/mol. The van der Waals surface area contributed by atoms with Crippen molar-refractivity contribution in [3.63, 3.8) is 0 Å².